The maximum atomic E-state index is 14.0. The third kappa shape index (κ3) is 3.25. The van der Waals surface area contributed by atoms with Crippen molar-refractivity contribution in [3.05, 3.63) is 51.8 Å². The number of halogens is 1. The molecule has 0 radical (unpaired) electrons. The number of amides is 1. The van der Waals surface area contributed by atoms with Crippen LogP contribution in [-0.2, 0) is 12.8 Å². The molecule has 1 aromatic carbocycles. The minimum absolute atomic E-state index is 0.0858. The summed E-state index contributed by atoms with van der Waals surface area (Å²) in [5.41, 5.74) is 5.16. The molecule has 6 atom stereocenters. The van der Waals surface area contributed by atoms with Crippen molar-refractivity contribution in [1.29, 1.82) is 0 Å². The van der Waals surface area contributed by atoms with E-state index in [1.54, 1.807) is 0 Å². The van der Waals surface area contributed by atoms with Crippen LogP contribution in [0.3, 0.4) is 0 Å². The molecule has 1 amide bonds. The van der Waals surface area contributed by atoms with E-state index in [1.807, 2.05) is 12.1 Å². The third-order valence-electron chi connectivity index (χ3n) is 11.2. The van der Waals surface area contributed by atoms with Crippen LogP contribution >= 0.6 is 11.6 Å². The van der Waals surface area contributed by atoms with Crippen molar-refractivity contribution in [2.45, 2.75) is 109 Å². The van der Waals surface area contributed by atoms with Gasteiger partial charge in [0.05, 0.1) is 6.04 Å². The zero-order valence-corrected chi connectivity index (χ0v) is 22.6. The van der Waals surface area contributed by atoms with E-state index < -0.39 is 0 Å². The summed E-state index contributed by atoms with van der Waals surface area (Å²) in [6.07, 6.45) is 14.2. The molecule has 1 N–H and O–H groups in total. The van der Waals surface area contributed by atoms with Gasteiger partial charge in [0, 0.05) is 28.2 Å². The molecule has 192 valence electrons. The molecule has 0 spiro atoms. The second kappa shape index (κ2) is 8.35. The first-order chi connectivity index (χ1) is 17.4. The highest BCUT2D eigenvalue weighted by Crippen LogP contribution is 2.86. The van der Waals surface area contributed by atoms with E-state index in [0.717, 1.165) is 48.2 Å². The number of hydrogen-bond donors (Lipinski definition) is 1. The Morgan fingerprint density at radius 2 is 1.86 bits per heavy atom. The first-order valence-corrected chi connectivity index (χ1v) is 15.0. The van der Waals surface area contributed by atoms with Crippen molar-refractivity contribution in [2.75, 3.05) is 0 Å². The van der Waals surface area contributed by atoms with E-state index in [4.69, 9.17) is 16.7 Å². The zero-order chi connectivity index (χ0) is 24.7. The molecule has 4 saturated carbocycles. The lowest BCUT2D eigenvalue weighted by Gasteiger charge is -2.52. The van der Waals surface area contributed by atoms with Crippen molar-refractivity contribution in [2.24, 2.45) is 22.7 Å². The van der Waals surface area contributed by atoms with Crippen molar-refractivity contribution >= 4 is 17.5 Å². The number of nitrogens with zero attached hydrogens (tertiary/aromatic N) is 2. The Morgan fingerprint density at radius 3 is 2.61 bits per heavy atom. The number of hydrogen-bond acceptors (Lipinski definition) is 2. The van der Waals surface area contributed by atoms with Crippen LogP contribution in [-0.4, -0.2) is 21.7 Å². The number of carbonyl (C=O) groups excluding carboxylic acids is 1. The Morgan fingerprint density at radius 1 is 1.08 bits per heavy atom. The largest absolute Gasteiger partial charge is 0.347 e. The monoisotopic (exact) mass is 505 g/mol. The quantitative estimate of drug-likeness (QED) is 0.434. The van der Waals surface area contributed by atoms with E-state index in [2.05, 4.69) is 36.0 Å². The van der Waals surface area contributed by atoms with E-state index in [-0.39, 0.29) is 5.91 Å². The van der Waals surface area contributed by atoms with Gasteiger partial charge in [-0.05, 0) is 85.7 Å². The maximum absolute atomic E-state index is 14.0. The molecule has 0 saturated heterocycles. The highest BCUT2D eigenvalue weighted by Gasteiger charge is 2.86. The van der Waals surface area contributed by atoms with Gasteiger partial charge >= 0.3 is 0 Å². The third-order valence-corrected chi connectivity index (χ3v) is 11.6. The second-order valence-electron chi connectivity index (χ2n) is 13.1. The minimum atomic E-state index is 0.0858. The number of fused-ring (bicyclic) bond motifs is 2. The molecular formula is C31H40ClN3O. The van der Waals surface area contributed by atoms with Crippen LogP contribution in [0.2, 0.25) is 5.02 Å². The summed E-state index contributed by atoms with van der Waals surface area (Å²) < 4.78 is 2.34. The van der Waals surface area contributed by atoms with E-state index in [9.17, 15) is 4.79 Å². The van der Waals surface area contributed by atoms with Gasteiger partial charge in [-0.3, -0.25) is 9.48 Å². The van der Waals surface area contributed by atoms with Crippen LogP contribution in [0, 0.1) is 22.7 Å². The second-order valence-corrected chi connectivity index (χ2v) is 13.5. The molecule has 5 aliphatic rings. The molecular weight excluding hydrogens is 466 g/mol. The summed E-state index contributed by atoms with van der Waals surface area (Å²) in [6.45, 7) is 4.83. The normalized spacial score (nSPS) is 37.0. The fourth-order valence-corrected chi connectivity index (χ4v) is 9.86. The summed E-state index contributed by atoms with van der Waals surface area (Å²) in [5, 5.41) is 9.61. The van der Waals surface area contributed by atoms with Gasteiger partial charge in [0.1, 0.15) is 0 Å². The molecule has 1 heterocycles. The number of aromatic nitrogens is 2. The predicted octanol–water partition coefficient (Wildman–Crippen LogP) is 7.26. The number of carbonyl (C=O) groups is 1. The van der Waals surface area contributed by atoms with Gasteiger partial charge in [0.15, 0.2) is 5.69 Å². The van der Waals surface area contributed by atoms with Crippen molar-refractivity contribution < 1.29 is 4.79 Å². The molecule has 1 aromatic heterocycles. The van der Waals surface area contributed by atoms with Crippen LogP contribution in [0.15, 0.2) is 24.3 Å². The average molecular weight is 506 g/mol. The highest BCUT2D eigenvalue weighted by atomic mass is 35.5. The summed E-state index contributed by atoms with van der Waals surface area (Å²) in [7, 11) is 0. The van der Waals surface area contributed by atoms with Gasteiger partial charge < -0.3 is 5.32 Å². The lowest BCUT2D eigenvalue weighted by molar-refractivity contribution is -0.00178. The van der Waals surface area contributed by atoms with Gasteiger partial charge in [-0.15, -0.1) is 0 Å². The fourth-order valence-electron chi connectivity index (χ4n) is 9.65. The SMILES string of the molecule is CC12CCC3C1C3(C)[C@H]2NC(=O)c1nn(C2CCCCC2)c2c1CCCCC2Cc1ccccc1Cl. The van der Waals surface area contributed by atoms with Crippen LogP contribution in [0.4, 0.5) is 0 Å². The van der Waals surface area contributed by atoms with Gasteiger partial charge in [0.25, 0.3) is 5.91 Å². The summed E-state index contributed by atoms with van der Waals surface area (Å²) in [4.78, 5) is 14.0. The van der Waals surface area contributed by atoms with E-state index in [0.29, 0.717) is 28.8 Å². The lowest BCUT2D eigenvalue weighted by Crippen LogP contribution is -2.61. The maximum Gasteiger partial charge on any atom is 0.272 e. The first kappa shape index (κ1) is 23.3. The predicted molar refractivity (Wildman–Crippen MR) is 143 cm³/mol. The lowest BCUT2D eigenvalue weighted by atomic mass is 9.57. The standard InChI is InChI=1S/C31H40ClN3O/c1-30-17-16-23-27(30)31(23,2)29(30)33-28(36)25-22-14-8-6-11-20(18-19-10-7-9-15-24(19)32)26(22)35(34-25)21-12-4-3-5-13-21/h7,9-10,15,20-21,23,27,29H,3-6,8,11-14,16-18H2,1-2H3,(H,33,36)/t20?,23?,27?,29-,30?,31?/m0/s1. The highest BCUT2D eigenvalue weighted by molar-refractivity contribution is 6.31. The van der Waals surface area contributed by atoms with Gasteiger partial charge in [0.2, 0.25) is 0 Å². The van der Waals surface area contributed by atoms with Gasteiger partial charge in [-0.1, -0.05) is 69.3 Å². The molecule has 36 heavy (non-hydrogen) atoms. The minimum Gasteiger partial charge on any atom is -0.347 e. The number of rotatable bonds is 5. The topological polar surface area (TPSA) is 46.9 Å². The zero-order valence-electron chi connectivity index (χ0n) is 21.9. The molecule has 7 rings (SSSR count). The summed E-state index contributed by atoms with van der Waals surface area (Å²) in [5.74, 6) is 2.10. The van der Waals surface area contributed by atoms with Crippen molar-refractivity contribution in [1.82, 2.24) is 15.1 Å². The Bertz CT molecular complexity index is 1200. The van der Waals surface area contributed by atoms with Gasteiger partial charge in [-0.25, -0.2) is 0 Å². The molecule has 5 heteroatoms. The van der Waals surface area contributed by atoms with E-state index in [1.165, 1.54) is 68.2 Å². The molecule has 5 unspecified atom stereocenters. The van der Waals surface area contributed by atoms with Crippen LogP contribution in [0.5, 0.6) is 0 Å². The van der Waals surface area contributed by atoms with Gasteiger partial charge in [-0.2, -0.15) is 5.10 Å². The fraction of sp³-hybridized carbons (Fsp3) is 0.677. The molecule has 4 fully saturated rings. The smallest absolute Gasteiger partial charge is 0.272 e. The van der Waals surface area contributed by atoms with Crippen LogP contribution in [0.1, 0.15) is 117 Å². The Kier molecular flexibility index (Phi) is 5.41. The summed E-state index contributed by atoms with van der Waals surface area (Å²) >= 11 is 6.62. The molecule has 5 aliphatic carbocycles. The van der Waals surface area contributed by atoms with Crippen LogP contribution < -0.4 is 5.32 Å². The Hall–Kier alpha value is -1.81. The van der Waals surface area contributed by atoms with Crippen molar-refractivity contribution in [3.8, 4) is 0 Å². The molecule has 0 bridgehead atoms. The molecule has 4 nitrogen and oxygen atoms in total. The Balaban J connectivity index is 1.25. The van der Waals surface area contributed by atoms with Crippen molar-refractivity contribution in [3.63, 3.8) is 0 Å². The average Bonchev–Trinajstić information content (AvgIpc) is 3.13. The van der Waals surface area contributed by atoms with Crippen LogP contribution in [0.25, 0.3) is 0 Å². The van der Waals surface area contributed by atoms with E-state index >= 15 is 0 Å². The first-order valence-electron chi connectivity index (χ1n) is 14.6. The number of benzene rings is 1. The molecule has 2 aromatic rings. The molecule has 0 aliphatic heterocycles. The Labute approximate surface area is 220 Å². The summed E-state index contributed by atoms with van der Waals surface area (Å²) in [6, 6.07) is 9.00. The number of nitrogens with one attached hydrogen (secondary N) is 1.